The Bertz CT molecular complexity index is 1220. The van der Waals surface area contributed by atoms with Crippen molar-refractivity contribution in [1.82, 2.24) is 0 Å². The number of fused-ring (bicyclic) bond motifs is 1. The summed E-state index contributed by atoms with van der Waals surface area (Å²) in [6, 6.07) is 21.2. The molecule has 0 fully saturated rings. The van der Waals surface area contributed by atoms with Gasteiger partial charge >= 0.3 is 0 Å². The average Bonchev–Trinajstić information content (AvgIpc) is 2.94. The summed E-state index contributed by atoms with van der Waals surface area (Å²) in [4.78, 5) is 18.8. The van der Waals surface area contributed by atoms with E-state index in [1.807, 2.05) is 42.5 Å². The lowest BCUT2D eigenvalue weighted by molar-refractivity contribution is -0.116. The molecule has 1 heterocycles. The number of likely N-dealkylation sites (N-methyl/N-ethyl adjacent to an activating group) is 1. The van der Waals surface area contributed by atoms with Gasteiger partial charge < -0.3 is 14.4 Å². The Balaban J connectivity index is 1.85. The van der Waals surface area contributed by atoms with Crippen LogP contribution in [0.15, 0.2) is 65.7 Å². The van der Waals surface area contributed by atoms with Crippen LogP contribution in [0.2, 0.25) is 0 Å². The molecule has 0 unspecified atom stereocenters. The van der Waals surface area contributed by atoms with Gasteiger partial charge in [0.15, 0.2) is 11.5 Å². The van der Waals surface area contributed by atoms with Crippen LogP contribution in [0, 0.1) is 11.3 Å². The van der Waals surface area contributed by atoms with Crippen LogP contribution in [-0.4, -0.2) is 39.4 Å². The number of nitriles is 1. The average molecular weight is 411 g/mol. The lowest BCUT2D eigenvalue weighted by Crippen LogP contribution is -2.27. The molecule has 0 saturated carbocycles. The fraction of sp³-hybridized carbons (Fsp3) is 0.160. The van der Waals surface area contributed by atoms with Crippen molar-refractivity contribution in [3.05, 3.63) is 77.4 Å². The molecule has 154 valence electrons. The fourth-order valence-electron chi connectivity index (χ4n) is 3.64. The number of ether oxygens (including phenoxy) is 2. The number of carbonyl (C=O) groups excluding carboxylic acids is 1. The zero-order valence-electron chi connectivity index (χ0n) is 17.5. The monoisotopic (exact) mass is 411 g/mol. The molecule has 1 aliphatic heterocycles. The fourth-order valence-corrected chi connectivity index (χ4v) is 3.64. The van der Waals surface area contributed by atoms with Crippen LogP contribution in [0.1, 0.15) is 16.7 Å². The zero-order chi connectivity index (χ0) is 22.0. The van der Waals surface area contributed by atoms with Crippen molar-refractivity contribution in [1.29, 1.82) is 5.26 Å². The Morgan fingerprint density at radius 3 is 2.29 bits per heavy atom. The number of methoxy groups -OCH3 is 2. The van der Waals surface area contributed by atoms with Gasteiger partial charge in [-0.3, -0.25) is 9.79 Å². The quantitative estimate of drug-likeness (QED) is 0.649. The summed E-state index contributed by atoms with van der Waals surface area (Å²) in [7, 11) is 4.88. The number of hydrogen-bond acceptors (Lipinski definition) is 5. The number of benzene rings is 3. The van der Waals surface area contributed by atoms with Gasteiger partial charge in [0.1, 0.15) is 6.54 Å². The predicted octanol–water partition coefficient (Wildman–Crippen LogP) is 4.06. The van der Waals surface area contributed by atoms with Crippen molar-refractivity contribution in [2.45, 2.75) is 0 Å². The summed E-state index contributed by atoms with van der Waals surface area (Å²) >= 11 is 0. The Hall–Kier alpha value is -4.11. The molecule has 0 aromatic heterocycles. The second-order valence-electron chi connectivity index (χ2n) is 7.11. The molecule has 0 bridgehead atoms. The summed E-state index contributed by atoms with van der Waals surface area (Å²) < 4.78 is 10.9. The molecule has 4 rings (SSSR count). The maximum atomic E-state index is 12.6. The Kier molecular flexibility index (Phi) is 5.42. The van der Waals surface area contributed by atoms with Gasteiger partial charge in [-0.15, -0.1) is 0 Å². The highest BCUT2D eigenvalue weighted by molar-refractivity contribution is 6.20. The van der Waals surface area contributed by atoms with E-state index in [0.717, 1.165) is 22.3 Å². The van der Waals surface area contributed by atoms with Crippen LogP contribution in [-0.2, 0) is 4.79 Å². The third kappa shape index (κ3) is 3.74. The Morgan fingerprint density at radius 2 is 1.61 bits per heavy atom. The van der Waals surface area contributed by atoms with Gasteiger partial charge in [0.25, 0.3) is 0 Å². The number of rotatable bonds is 4. The first-order chi connectivity index (χ1) is 15.0. The molecule has 0 N–H and O–H groups in total. The van der Waals surface area contributed by atoms with E-state index in [1.165, 1.54) is 0 Å². The molecule has 0 saturated heterocycles. The van der Waals surface area contributed by atoms with Crippen molar-refractivity contribution in [2.24, 2.45) is 4.99 Å². The highest BCUT2D eigenvalue weighted by atomic mass is 16.5. The molecule has 0 radical (unpaired) electrons. The normalized spacial score (nSPS) is 13.0. The van der Waals surface area contributed by atoms with Crippen molar-refractivity contribution >= 4 is 17.3 Å². The van der Waals surface area contributed by atoms with Gasteiger partial charge in [0.2, 0.25) is 5.91 Å². The largest absolute Gasteiger partial charge is 0.493 e. The predicted molar refractivity (Wildman–Crippen MR) is 120 cm³/mol. The molecular formula is C25H21N3O3. The first-order valence-electron chi connectivity index (χ1n) is 9.74. The van der Waals surface area contributed by atoms with Gasteiger partial charge in [-0.1, -0.05) is 30.3 Å². The molecule has 1 aliphatic rings. The smallest absolute Gasteiger partial charge is 0.248 e. The molecule has 0 aliphatic carbocycles. The number of benzodiazepines with no additional fused rings is 1. The number of nitrogens with zero attached hydrogens (tertiary/aromatic N) is 3. The first-order valence-corrected chi connectivity index (χ1v) is 9.74. The van der Waals surface area contributed by atoms with Gasteiger partial charge in [-0.05, 0) is 35.4 Å². The third-order valence-electron chi connectivity index (χ3n) is 5.35. The minimum atomic E-state index is -0.105. The second kappa shape index (κ2) is 8.33. The molecule has 3 aromatic rings. The lowest BCUT2D eigenvalue weighted by Gasteiger charge is -2.20. The van der Waals surface area contributed by atoms with Crippen LogP contribution >= 0.6 is 0 Å². The molecule has 1 amide bonds. The van der Waals surface area contributed by atoms with Crippen LogP contribution in [0.3, 0.4) is 0 Å². The molecule has 3 aromatic carbocycles. The standard InChI is InChI=1S/C25H21N3O3/c1-28-21-13-23(31-3)22(30-2)12-20(21)25(27-15-24(28)29)19-6-4-5-18(11-19)17-9-7-16(14-26)8-10-17/h4-13H,15H2,1-3H3. The number of amides is 1. The van der Waals surface area contributed by atoms with Gasteiger partial charge in [0.05, 0.1) is 37.3 Å². The molecule has 31 heavy (non-hydrogen) atoms. The van der Waals surface area contributed by atoms with E-state index in [4.69, 9.17) is 14.7 Å². The maximum Gasteiger partial charge on any atom is 0.248 e. The molecule has 6 nitrogen and oxygen atoms in total. The summed E-state index contributed by atoms with van der Waals surface area (Å²) in [6.45, 7) is 0.0479. The second-order valence-corrected chi connectivity index (χ2v) is 7.11. The summed E-state index contributed by atoms with van der Waals surface area (Å²) in [5, 5.41) is 9.04. The molecular weight excluding hydrogens is 390 g/mol. The minimum absolute atomic E-state index is 0.0479. The van der Waals surface area contributed by atoms with E-state index in [2.05, 4.69) is 11.1 Å². The minimum Gasteiger partial charge on any atom is -0.493 e. The van der Waals surface area contributed by atoms with E-state index < -0.39 is 0 Å². The Labute approximate surface area is 181 Å². The summed E-state index contributed by atoms with van der Waals surface area (Å²) in [5.74, 6) is 1.01. The number of hydrogen-bond donors (Lipinski definition) is 0. The van der Waals surface area contributed by atoms with Crippen molar-refractivity contribution in [3.8, 4) is 28.7 Å². The number of carbonyl (C=O) groups is 1. The SMILES string of the molecule is COc1cc2c(cc1OC)N(C)C(=O)CN=C2c1cccc(-c2ccc(C#N)cc2)c1. The molecule has 0 spiro atoms. The first kappa shape index (κ1) is 20.2. The van der Waals surface area contributed by atoms with Gasteiger partial charge in [0, 0.05) is 24.2 Å². The van der Waals surface area contributed by atoms with Crippen LogP contribution < -0.4 is 14.4 Å². The number of aliphatic imine (C=N–C) groups is 1. The van der Waals surface area contributed by atoms with E-state index in [1.54, 1.807) is 44.4 Å². The highest BCUT2D eigenvalue weighted by Gasteiger charge is 2.25. The van der Waals surface area contributed by atoms with E-state index in [9.17, 15) is 4.79 Å². The zero-order valence-corrected chi connectivity index (χ0v) is 17.5. The van der Waals surface area contributed by atoms with Crippen LogP contribution in [0.4, 0.5) is 5.69 Å². The summed E-state index contributed by atoms with van der Waals surface area (Å²) in [5.41, 5.74) is 5.71. The summed E-state index contributed by atoms with van der Waals surface area (Å²) in [6.07, 6.45) is 0. The topological polar surface area (TPSA) is 74.9 Å². The Morgan fingerprint density at radius 1 is 0.935 bits per heavy atom. The van der Waals surface area contributed by atoms with Crippen molar-refractivity contribution in [3.63, 3.8) is 0 Å². The van der Waals surface area contributed by atoms with E-state index >= 15 is 0 Å². The van der Waals surface area contributed by atoms with Crippen molar-refractivity contribution < 1.29 is 14.3 Å². The highest BCUT2D eigenvalue weighted by Crippen LogP contribution is 2.37. The maximum absolute atomic E-state index is 12.6. The van der Waals surface area contributed by atoms with Gasteiger partial charge in [-0.25, -0.2) is 0 Å². The lowest BCUT2D eigenvalue weighted by atomic mass is 9.95. The molecule has 6 heteroatoms. The van der Waals surface area contributed by atoms with Gasteiger partial charge in [-0.2, -0.15) is 5.26 Å². The van der Waals surface area contributed by atoms with Crippen LogP contribution in [0.25, 0.3) is 11.1 Å². The van der Waals surface area contributed by atoms with E-state index in [0.29, 0.717) is 28.5 Å². The van der Waals surface area contributed by atoms with E-state index in [-0.39, 0.29) is 12.5 Å². The third-order valence-corrected chi connectivity index (χ3v) is 5.35. The van der Waals surface area contributed by atoms with Crippen LogP contribution in [0.5, 0.6) is 11.5 Å². The molecule has 0 atom stereocenters. The van der Waals surface area contributed by atoms with Crippen molar-refractivity contribution in [2.75, 3.05) is 32.7 Å². The number of anilines is 1.